The SMILES string of the molecule is C[C@H]1NC(=O)c2nccnc2CCCCCn2c(C=O)cc3ccc1nc32. The molecule has 1 amide bonds. The van der Waals surface area contributed by atoms with Gasteiger partial charge in [0, 0.05) is 24.3 Å². The monoisotopic (exact) mass is 363 g/mol. The van der Waals surface area contributed by atoms with Crippen molar-refractivity contribution in [2.75, 3.05) is 0 Å². The molecule has 0 aliphatic carbocycles. The Morgan fingerprint density at radius 3 is 2.89 bits per heavy atom. The van der Waals surface area contributed by atoms with Gasteiger partial charge in [0.1, 0.15) is 11.3 Å². The number of nitrogens with zero attached hydrogens (tertiary/aromatic N) is 4. The van der Waals surface area contributed by atoms with Crippen LogP contribution >= 0.6 is 0 Å². The van der Waals surface area contributed by atoms with Crippen LogP contribution in [0, 0.1) is 0 Å². The molecule has 3 aromatic rings. The first-order valence-electron chi connectivity index (χ1n) is 9.23. The van der Waals surface area contributed by atoms with Gasteiger partial charge in [0.25, 0.3) is 5.91 Å². The normalized spacial score (nSPS) is 18.0. The fourth-order valence-corrected chi connectivity index (χ4v) is 3.55. The zero-order chi connectivity index (χ0) is 18.8. The molecule has 0 spiro atoms. The van der Waals surface area contributed by atoms with E-state index in [2.05, 4.69) is 15.3 Å². The largest absolute Gasteiger partial charge is 0.343 e. The summed E-state index contributed by atoms with van der Waals surface area (Å²) in [5.74, 6) is -0.242. The third kappa shape index (κ3) is 3.32. The Morgan fingerprint density at radius 1 is 1.19 bits per heavy atom. The summed E-state index contributed by atoms with van der Waals surface area (Å²) >= 11 is 0. The third-order valence-electron chi connectivity index (χ3n) is 4.99. The van der Waals surface area contributed by atoms with E-state index < -0.39 is 0 Å². The topological polar surface area (TPSA) is 89.8 Å². The minimum Gasteiger partial charge on any atom is -0.343 e. The van der Waals surface area contributed by atoms with Gasteiger partial charge in [-0.25, -0.2) is 9.97 Å². The van der Waals surface area contributed by atoms with Crippen LogP contribution in [-0.2, 0) is 13.0 Å². The number of pyridine rings is 1. The Kier molecular flexibility index (Phi) is 4.66. The first-order valence-corrected chi connectivity index (χ1v) is 9.23. The summed E-state index contributed by atoms with van der Waals surface area (Å²) in [5.41, 5.74) is 3.27. The van der Waals surface area contributed by atoms with E-state index in [-0.39, 0.29) is 11.9 Å². The van der Waals surface area contributed by atoms with Crippen molar-refractivity contribution < 1.29 is 9.59 Å². The zero-order valence-corrected chi connectivity index (χ0v) is 15.2. The van der Waals surface area contributed by atoms with Crippen LogP contribution in [0.4, 0.5) is 0 Å². The van der Waals surface area contributed by atoms with Crippen molar-refractivity contribution in [2.24, 2.45) is 0 Å². The lowest BCUT2D eigenvalue weighted by Gasteiger charge is -2.16. The summed E-state index contributed by atoms with van der Waals surface area (Å²) in [4.78, 5) is 37.5. The molecule has 0 saturated heterocycles. The smallest absolute Gasteiger partial charge is 0.272 e. The molecule has 7 nitrogen and oxygen atoms in total. The van der Waals surface area contributed by atoms with Gasteiger partial charge in [0.15, 0.2) is 6.29 Å². The number of hydrogen-bond donors (Lipinski definition) is 1. The summed E-state index contributed by atoms with van der Waals surface area (Å²) < 4.78 is 1.97. The van der Waals surface area contributed by atoms with Crippen molar-refractivity contribution in [1.82, 2.24) is 24.8 Å². The van der Waals surface area contributed by atoms with Crippen molar-refractivity contribution in [3.8, 4) is 0 Å². The predicted octanol–water partition coefficient (Wildman–Crippen LogP) is 2.86. The van der Waals surface area contributed by atoms with Crippen molar-refractivity contribution >= 4 is 23.2 Å². The molecule has 1 aliphatic heterocycles. The molecule has 1 aliphatic rings. The molecule has 0 saturated carbocycles. The van der Waals surface area contributed by atoms with Crippen LogP contribution in [-0.4, -0.2) is 31.7 Å². The number of nitrogens with one attached hydrogen (secondary N) is 1. The molecule has 27 heavy (non-hydrogen) atoms. The Hall–Kier alpha value is -3.09. The molecule has 4 rings (SSSR count). The van der Waals surface area contributed by atoms with E-state index in [0.717, 1.165) is 54.5 Å². The minimum atomic E-state index is -0.289. The Labute approximate surface area is 156 Å². The quantitative estimate of drug-likeness (QED) is 0.672. The van der Waals surface area contributed by atoms with Gasteiger partial charge in [-0.15, -0.1) is 0 Å². The van der Waals surface area contributed by atoms with E-state index in [9.17, 15) is 9.59 Å². The van der Waals surface area contributed by atoms with Gasteiger partial charge in [-0.2, -0.15) is 0 Å². The molecule has 1 atom stereocenters. The molecule has 1 N–H and O–H groups in total. The second-order valence-corrected chi connectivity index (χ2v) is 6.85. The molecule has 0 radical (unpaired) electrons. The highest BCUT2D eigenvalue weighted by molar-refractivity contribution is 5.93. The second kappa shape index (κ2) is 7.26. The number of aryl methyl sites for hydroxylation is 2. The summed E-state index contributed by atoms with van der Waals surface area (Å²) in [6.45, 7) is 2.63. The Bertz CT molecular complexity index is 1010. The van der Waals surface area contributed by atoms with Crippen LogP contribution in [0.5, 0.6) is 0 Å². The van der Waals surface area contributed by atoms with Crippen LogP contribution in [0.15, 0.2) is 30.6 Å². The van der Waals surface area contributed by atoms with Crippen LogP contribution in [0.25, 0.3) is 11.0 Å². The number of carbonyl (C=O) groups excluding carboxylic acids is 2. The van der Waals surface area contributed by atoms with Gasteiger partial charge in [-0.05, 0) is 44.4 Å². The highest BCUT2D eigenvalue weighted by atomic mass is 16.2. The number of fused-ring (bicyclic) bond motifs is 2. The zero-order valence-electron chi connectivity index (χ0n) is 15.2. The number of carbonyl (C=O) groups is 2. The molecule has 0 unspecified atom stereocenters. The molecule has 3 aromatic heterocycles. The summed E-state index contributed by atoms with van der Waals surface area (Å²) in [6, 6.07) is 5.41. The summed E-state index contributed by atoms with van der Waals surface area (Å²) in [5, 5.41) is 3.90. The first-order chi connectivity index (χ1) is 13.2. The fraction of sp³-hybridized carbons (Fsp3) is 0.350. The summed E-state index contributed by atoms with van der Waals surface area (Å²) in [6.07, 6.45) is 7.54. The van der Waals surface area contributed by atoms with E-state index in [1.165, 1.54) is 0 Å². The van der Waals surface area contributed by atoms with Crippen LogP contribution in [0.2, 0.25) is 0 Å². The van der Waals surface area contributed by atoms with Crippen molar-refractivity contribution in [3.63, 3.8) is 0 Å². The van der Waals surface area contributed by atoms with E-state index in [4.69, 9.17) is 4.98 Å². The molecular formula is C20H21N5O2. The van der Waals surface area contributed by atoms with E-state index in [1.807, 2.05) is 29.7 Å². The lowest BCUT2D eigenvalue weighted by atomic mass is 10.1. The number of rotatable bonds is 1. The minimum absolute atomic E-state index is 0.242. The average Bonchev–Trinajstić information content (AvgIpc) is 3.04. The van der Waals surface area contributed by atoms with Gasteiger partial charge in [0.05, 0.1) is 23.1 Å². The maximum Gasteiger partial charge on any atom is 0.272 e. The first kappa shape index (κ1) is 17.3. The fourth-order valence-electron chi connectivity index (χ4n) is 3.55. The summed E-state index contributed by atoms with van der Waals surface area (Å²) in [7, 11) is 0. The van der Waals surface area contributed by atoms with Crippen LogP contribution in [0.1, 0.15) is 64.6 Å². The van der Waals surface area contributed by atoms with Crippen LogP contribution < -0.4 is 5.32 Å². The van der Waals surface area contributed by atoms with E-state index >= 15 is 0 Å². The number of aldehydes is 1. The van der Waals surface area contributed by atoms with Gasteiger partial charge < -0.3 is 9.88 Å². The molecule has 0 aromatic carbocycles. The Morgan fingerprint density at radius 2 is 2.04 bits per heavy atom. The molecular weight excluding hydrogens is 342 g/mol. The number of aromatic nitrogens is 4. The lowest BCUT2D eigenvalue weighted by molar-refractivity contribution is 0.0932. The van der Waals surface area contributed by atoms with E-state index in [0.29, 0.717) is 17.8 Å². The predicted molar refractivity (Wildman–Crippen MR) is 101 cm³/mol. The Balaban J connectivity index is 1.76. The molecule has 2 bridgehead atoms. The standard InChI is InChI=1S/C20H21N5O2/c1-13-16-7-6-14-11-15(12-26)25(19(14)24-16)10-4-2-3-5-17-18(20(27)23-13)22-9-8-21-17/h6-9,11-13H,2-5,10H2,1H3,(H,23,27)/t13-/m1/s1. The van der Waals surface area contributed by atoms with Gasteiger partial charge in [-0.1, -0.05) is 6.42 Å². The van der Waals surface area contributed by atoms with Crippen molar-refractivity contribution in [1.29, 1.82) is 0 Å². The highest BCUT2D eigenvalue weighted by Gasteiger charge is 2.19. The van der Waals surface area contributed by atoms with Gasteiger partial charge in [-0.3, -0.25) is 14.6 Å². The van der Waals surface area contributed by atoms with Crippen LogP contribution in [0.3, 0.4) is 0 Å². The van der Waals surface area contributed by atoms with E-state index in [1.54, 1.807) is 12.4 Å². The maximum atomic E-state index is 12.7. The van der Waals surface area contributed by atoms with Crippen molar-refractivity contribution in [3.05, 3.63) is 53.4 Å². The molecule has 0 fully saturated rings. The average molecular weight is 363 g/mol. The third-order valence-corrected chi connectivity index (χ3v) is 4.99. The number of amides is 1. The number of hydrogen-bond acceptors (Lipinski definition) is 5. The molecule has 4 heterocycles. The lowest BCUT2D eigenvalue weighted by Crippen LogP contribution is -2.29. The molecule has 7 heteroatoms. The van der Waals surface area contributed by atoms with Gasteiger partial charge >= 0.3 is 0 Å². The van der Waals surface area contributed by atoms with Crippen molar-refractivity contribution in [2.45, 2.75) is 45.2 Å². The highest BCUT2D eigenvalue weighted by Crippen LogP contribution is 2.22. The maximum absolute atomic E-state index is 12.7. The molecule has 138 valence electrons. The second-order valence-electron chi connectivity index (χ2n) is 6.85. The van der Waals surface area contributed by atoms with Gasteiger partial charge in [0.2, 0.25) is 0 Å².